The van der Waals surface area contributed by atoms with Crippen LogP contribution >= 0.6 is 0 Å². The van der Waals surface area contributed by atoms with E-state index in [9.17, 15) is 18.4 Å². The van der Waals surface area contributed by atoms with Gasteiger partial charge >= 0.3 is 6.61 Å². The van der Waals surface area contributed by atoms with Crippen LogP contribution in [-0.4, -0.2) is 44.0 Å². The molecule has 2 aromatic rings. The van der Waals surface area contributed by atoms with E-state index in [0.717, 1.165) is 5.56 Å². The number of halogens is 2. The van der Waals surface area contributed by atoms with Crippen molar-refractivity contribution in [2.75, 3.05) is 20.7 Å². The summed E-state index contributed by atoms with van der Waals surface area (Å²) in [4.78, 5) is 25.2. The first-order chi connectivity index (χ1) is 12.8. The van der Waals surface area contributed by atoms with Crippen LogP contribution in [0.15, 0.2) is 48.5 Å². The average molecular weight is 378 g/mol. The number of carbonyl (C=O) groups is 2. The molecule has 0 heterocycles. The second-order valence-corrected chi connectivity index (χ2v) is 5.81. The van der Waals surface area contributed by atoms with Crippen LogP contribution in [0.4, 0.5) is 8.78 Å². The molecule has 2 aromatic carbocycles. The Morgan fingerprint density at radius 1 is 1.07 bits per heavy atom. The highest BCUT2D eigenvalue weighted by molar-refractivity contribution is 5.94. The Kier molecular flexibility index (Phi) is 7.10. The maximum atomic E-state index is 12.3. The molecule has 2 rings (SSSR count). The van der Waals surface area contributed by atoms with Gasteiger partial charge in [-0.1, -0.05) is 18.2 Å². The van der Waals surface area contributed by atoms with Gasteiger partial charge in [-0.05, 0) is 35.9 Å². The van der Waals surface area contributed by atoms with Crippen molar-refractivity contribution in [3.05, 3.63) is 59.7 Å². The SMILES string of the molecule is CN(C)C(=O)COc1cccc(C(=O)NCc2ccc(OC(F)F)cc2)c1. The number of nitrogens with zero attached hydrogens (tertiary/aromatic N) is 1. The summed E-state index contributed by atoms with van der Waals surface area (Å²) >= 11 is 0. The maximum Gasteiger partial charge on any atom is 0.387 e. The van der Waals surface area contributed by atoms with Crippen LogP contribution in [0.25, 0.3) is 0 Å². The van der Waals surface area contributed by atoms with Crippen molar-refractivity contribution in [1.82, 2.24) is 10.2 Å². The quantitative estimate of drug-likeness (QED) is 0.767. The molecule has 0 bridgehead atoms. The van der Waals surface area contributed by atoms with E-state index < -0.39 is 6.61 Å². The summed E-state index contributed by atoms with van der Waals surface area (Å²) < 4.78 is 33.9. The van der Waals surface area contributed by atoms with Crippen LogP contribution in [0.5, 0.6) is 11.5 Å². The summed E-state index contributed by atoms with van der Waals surface area (Å²) in [6, 6.07) is 12.5. The first-order valence-corrected chi connectivity index (χ1v) is 8.10. The summed E-state index contributed by atoms with van der Waals surface area (Å²) in [5.74, 6) is -0.0556. The predicted octanol–water partition coefficient (Wildman–Crippen LogP) is 2.69. The number of hydrogen-bond acceptors (Lipinski definition) is 4. The second kappa shape index (κ2) is 9.51. The van der Waals surface area contributed by atoms with Crippen LogP contribution in [0, 0.1) is 0 Å². The lowest BCUT2D eigenvalue weighted by Gasteiger charge is -2.12. The zero-order chi connectivity index (χ0) is 19.8. The molecule has 0 aromatic heterocycles. The highest BCUT2D eigenvalue weighted by Crippen LogP contribution is 2.16. The number of ether oxygens (including phenoxy) is 2. The molecule has 0 unspecified atom stereocenters. The van der Waals surface area contributed by atoms with Crippen LogP contribution in [-0.2, 0) is 11.3 Å². The fourth-order valence-corrected chi connectivity index (χ4v) is 2.07. The van der Waals surface area contributed by atoms with E-state index in [2.05, 4.69) is 10.1 Å². The Bertz CT molecular complexity index is 780. The van der Waals surface area contributed by atoms with Crippen LogP contribution in [0.1, 0.15) is 15.9 Å². The molecule has 0 atom stereocenters. The molecule has 0 saturated heterocycles. The summed E-state index contributed by atoms with van der Waals surface area (Å²) in [6.45, 7) is -2.78. The Balaban J connectivity index is 1.90. The predicted molar refractivity (Wildman–Crippen MR) is 94.9 cm³/mol. The summed E-state index contributed by atoms with van der Waals surface area (Å²) in [7, 11) is 3.25. The van der Waals surface area contributed by atoms with Gasteiger partial charge in [-0.15, -0.1) is 0 Å². The normalized spacial score (nSPS) is 10.4. The molecular formula is C19H20F2N2O4. The fourth-order valence-electron chi connectivity index (χ4n) is 2.07. The van der Waals surface area contributed by atoms with E-state index in [-0.39, 0.29) is 30.7 Å². The lowest BCUT2D eigenvalue weighted by molar-refractivity contribution is -0.130. The molecule has 0 aliphatic heterocycles. The summed E-state index contributed by atoms with van der Waals surface area (Å²) in [5.41, 5.74) is 1.11. The molecule has 0 aliphatic carbocycles. The Morgan fingerprint density at radius 3 is 2.41 bits per heavy atom. The van der Waals surface area contributed by atoms with Gasteiger partial charge in [-0.2, -0.15) is 8.78 Å². The van der Waals surface area contributed by atoms with Crippen LogP contribution in [0.2, 0.25) is 0 Å². The van der Waals surface area contributed by atoms with Gasteiger partial charge in [0.1, 0.15) is 11.5 Å². The molecule has 6 nitrogen and oxygen atoms in total. The maximum absolute atomic E-state index is 12.3. The van der Waals surface area contributed by atoms with Gasteiger partial charge in [0.25, 0.3) is 11.8 Å². The summed E-state index contributed by atoms with van der Waals surface area (Å²) in [6.07, 6.45) is 0. The lowest BCUT2D eigenvalue weighted by Crippen LogP contribution is -2.27. The van der Waals surface area contributed by atoms with E-state index in [1.54, 1.807) is 44.4 Å². The molecule has 27 heavy (non-hydrogen) atoms. The van der Waals surface area contributed by atoms with Crippen LogP contribution in [0.3, 0.4) is 0 Å². The third-order valence-corrected chi connectivity index (χ3v) is 3.56. The third-order valence-electron chi connectivity index (χ3n) is 3.56. The van der Waals surface area contributed by atoms with Crippen molar-refractivity contribution in [2.45, 2.75) is 13.2 Å². The lowest BCUT2D eigenvalue weighted by atomic mass is 10.2. The zero-order valence-corrected chi connectivity index (χ0v) is 14.9. The highest BCUT2D eigenvalue weighted by atomic mass is 19.3. The minimum absolute atomic E-state index is 0.0530. The molecule has 8 heteroatoms. The molecule has 0 saturated carbocycles. The smallest absolute Gasteiger partial charge is 0.387 e. The fraction of sp³-hybridized carbons (Fsp3) is 0.263. The number of hydrogen-bond donors (Lipinski definition) is 1. The molecule has 0 spiro atoms. The number of likely N-dealkylation sites (N-methyl/N-ethyl adjacent to an activating group) is 1. The molecule has 2 amide bonds. The van der Waals surface area contributed by atoms with Crippen molar-refractivity contribution < 1.29 is 27.8 Å². The highest BCUT2D eigenvalue weighted by Gasteiger charge is 2.09. The first kappa shape index (κ1) is 20.2. The number of carbonyl (C=O) groups excluding carboxylic acids is 2. The Labute approximate surface area is 155 Å². The van der Waals surface area contributed by atoms with E-state index in [4.69, 9.17) is 4.74 Å². The molecule has 1 N–H and O–H groups in total. The number of benzene rings is 2. The molecular weight excluding hydrogens is 358 g/mol. The van der Waals surface area contributed by atoms with E-state index in [0.29, 0.717) is 11.3 Å². The second-order valence-electron chi connectivity index (χ2n) is 5.81. The minimum atomic E-state index is -2.88. The van der Waals surface area contributed by atoms with E-state index >= 15 is 0 Å². The van der Waals surface area contributed by atoms with Crippen LogP contribution < -0.4 is 14.8 Å². The largest absolute Gasteiger partial charge is 0.484 e. The van der Waals surface area contributed by atoms with E-state index in [1.165, 1.54) is 23.1 Å². The first-order valence-electron chi connectivity index (χ1n) is 8.10. The van der Waals surface area contributed by atoms with Crippen molar-refractivity contribution in [3.8, 4) is 11.5 Å². The van der Waals surface area contributed by atoms with Crippen molar-refractivity contribution in [3.63, 3.8) is 0 Å². The Hall–Kier alpha value is -3.16. The van der Waals surface area contributed by atoms with E-state index in [1.807, 2.05) is 0 Å². The van der Waals surface area contributed by atoms with Gasteiger partial charge in [0.05, 0.1) is 0 Å². The van der Waals surface area contributed by atoms with Crippen molar-refractivity contribution >= 4 is 11.8 Å². The molecule has 0 radical (unpaired) electrons. The molecule has 144 valence electrons. The van der Waals surface area contributed by atoms with Gasteiger partial charge < -0.3 is 19.7 Å². The molecule has 0 fully saturated rings. The number of nitrogens with one attached hydrogen (secondary N) is 1. The summed E-state index contributed by atoms with van der Waals surface area (Å²) in [5, 5.41) is 2.73. The number of amides is 2. The zero-order valence-electron chi connectivity index (χ0n) is 14.9. The van der Waals surface area contributed by atoms with Gasteiger partial charge in [0, 0.05) is 26.2 Å². The minimum Gasteiger partial charge on any atom is -0.484 e. The average Bonchev–Trinajstić information content (AvgIpc) is 2.65. The topological polar surface area (TPSA) is 67.9 Å². The van der Waals surface area contributed by atoms with Gasteiger partial charge in [0.15, 0.2) is 6.61 Å². The Morgan fingerprint density at radius 2 is 1.78 bits per heavy atom. The number of rotatable bonds is 8. The monoisotopic (exact) mass is 378 g/mol. The number of alkyl halides is 2. The molecule has 0 aliphatic rings. The van der Waals surface area contributed by atoms with Gasteiger partial charge in [-0.25, -0.2) is 0 Å². The van der Waals surface area contributed by atoms with Gasteiger partial charge in [0.2, 0.25) is 0 Å². The van der Waals surface area contributed by atoms with Crippen molar-refractivity contribution in [1.29, 1.82) is 0 Å². The van der Waals surface area contributed by atoms with Gasteiger partial charge in [-0.3, -0.25) is 9.59 Å². The standard InChI is InChI=1S/C19H20F2N2O4/c1-23(2)17(24)12-26-16-5-3-4-14(10-16)18(25)22-11-13-6-8-15(9-7-13)27-19(20)21/h3-10,19H,11-12H2,1-2H3,(H,22,25). The van der Waals surface area contributed by atoms with Crippen molar-refractivity contribution in [2.24, 2.45) is 0 Å². The third kappa shape index (κ3) is 6.58.